The van der Waals surface area contributed by atoms with Crippen molar-refractivity contribution >= 4 is 29.0 Å². The van der Waals surface area contributed by atoms with Gasteiger partial charge in [-0.2, -0.15) is 0 Å². The molecule has 0 bridgehead atoms. The van der Waals surface area contributed by atoms with E-state index in [9.17, 15) is 4.79 Å². The molecule has 5 heteroatoms. The van der Waals surface area contributed by atoms with Crippen LogP contribution in [0.2, 0.25) is 10.0 Å². The monoisotopic (exact) mass is 280 g/mol. The predicted molar refractivity (Wildman–Crippen MR) is 71.3 cm³/mol. The van der Waals surface area contributed by atoms with Gasteiger partial charge < -0.3 is 0 Å². The van der Waals surface area contributed by atoms with E-state index in [1.54, 1.807) is 37.4 Å². The number of nitrogens with zero attached hydrogens (tertiary/aromatic N) is 2. The number of Topliss-reactive ketones (excluding diaryl/α,β-unsaturated/α-hetero) is 1. The van der Waals surface area contributed by atoms with Crippen LogP contribution in [-0.4, -0.2) is 15.8 Å². The molecule has 0 unspecified atom stereocenters. The average Bonchev–Trinajstić information content (AvgIpc) is 2.34. The van der Waals surface area contributed by atoms with Gasteiger partial charge in [0.2, 0.25) is 0 Å². The Morgan fingerprint density at radius 2 is 2.06 bits per heavy atom. The van der Waals surface area contributed by atoms with Crippen molar-refractivity contribution in [1.82, 2.24) is 9.97 Å². The summed E-state index contributed by atoms with van der Waals surface area (Å²) in [5, 5.41) is 1.08. The van der Waals surface area contributed by atoms with Gasteiger partial charge in [-0.25, -0.2) is 9.97 Å². The Labute approximate surface area is 115 Å². The Kier molecular flexibility index (Phi) is 3.94. The highest BCUT2D eigenvalue weighted by molar-refractivity contribution is 6.33. The minimum atomic E-state index is -0.107. The summed E-state index contributed by atoms with van der Waals surface area (Å²) in [5.74, 6) is 0.461. The van der Waals surface area contributed by atoms with E-state index in [1.165, 1.54) is 0 Å². The largest absolute Gasteiger partial charge is 0.292 e. The Hall–Kier alpha value is -1.45. The second-order valence-corrected chi connectivity index (χ2v) is 4.67. The fourth-order valence-corrected chi connectivity index (χ4v) is 1.93. The summed E-state index contributed by atoms with van der Waals surface area (Å²) in [7, 11) is 0. The summed E-state index contributed by atoms with van der Waals surface area (Å²) in [6, 6.07) is 6.65. The number of ketones is 1. The SMILES string of the molecule is Cc1nccc(C(=O)Cc2cc(Cl)ccc2Cl)n1. The van der Waals surface area contributed by atoms with Gasteiger partial charge in [-0.05, 0) is 36.8 Å². The van der Waals surface area contributed by atoms with Gasteiger partial charge >= 0.3 is 0 Å². The number of carbonyl (C=O) groups excluding carboxylic acids is 1. The number of hydrogen-bond acceptors (Lipinski definition) is 3. The van der Waals surface area contributed by atoms with Gasteiger partial charge in [0.1, 0.15) is 11.5 Å². The van der Waals surface area contributed by atoms with Crippen LogP contribution in [0.15, 0.2) is 30.5 Å². The second-order valence-electron chi connectivity index (χ2n) is 3.82. The second kappa shape index (κ2) is 5.46. The normalized spacial score (nSPS) is 10.4. The standard InChI is InChI=1S/C13H10Cl2N2O/c1-8-16-5-4-12(17-8)13(18)7-9-6-10(14)2-3-11(9)15/h2-6H,7H2,1H3. The molecule has 1 heterocycles. The van der Waals surface area contributed by atoms with Gasteiger partial charge in [-0.15, -0.1) is 0 Å². The molecule has 0 aliphatic carbocycles. The molecule has 0 aliphatic rings. The molecular weight excluding hydrogens is 271 g/mol. The maximum atomic E-state index is 12.0. The lowest BCUT2D eigenvalue weighted by Crippen LogP contribution is -2.07. The number of halogens is 2. The van der Waals surface area contributed by atoms with Crippen LogP contribution in [0.4, 0.5) is 0 Å². The van der Waals surface area contributed by atoms with E-state index < -0.39 is 0 Å². The Morgan fingerprint density at radius 1 is 1.28 bits per heavy atom. The van der Waals surface area contributed by atoms with E-state index in [4.69, 9.17) is 23.2 Å². The van der Waals surface area contributed by atoms with Crippen LogP contribution in [0.5, 0.6) is 0 Å². The first-order chi connectivity index (χ1) is 8.56. The number of carbonyl (C=O) groups is 1. The van der Waals surface area contributed by atoms with Gasteiger partial charge in [0.05, 0.1) is 0 Å². The first-order valence-corrected chi connectivity index (χ1v) is 6.08. The summed E-state index contributed by atoms with van der Waals surface area (Å²) in [4.78, 5) is 20.1. The molecule has 0 fully saturated rings. The number of aromatic nitrogens is 2. The minimum Gasteiger partial charge on any atom is -0.292 e. The molecule has 0 atom stereocenters. The van der Waals surface area contributed by atoms with Crippen LogP contribution in [0, 0.1) is 6.92 Å². The van der Waals surface area contributed by atoms with Crippen LogP contribution in [0.25, 0.3) is 0 Å². The quantitative estimate of drug-likeness (QED) is 0.808. The third-order valence-electron chi connectivity index (χ3n) is 2.42. The summed E-state index contributed by atoms with van der Waals surface area (Å²) in [6.45, 7) is 1.74. The topological polar surface area (TPSA) is 42.9 Å². The highest BCUT2D eigenvalue weighted by atomic mass is 35.5. The van der Waals surface area contributed by atoms with E-state index in [0.29, 0.717) is 27.1 Å². The fraction of sp³-hybridized carbons (Fsp3) is 0.154. The zero-order chi connectivity index (χ0) is 13.1. The molecule has 0 aliphatic heterocycles. The molecule has 0 saturated heterocycles. The fourth-order valence-electron chi connectivity index (χ4n) is 1.55. The van der Waals surface area contributed by atoms with Crippen molar-refractivity contribution in [2.75, 3.05) is 0 Å². The zero-order valence-corrected chi connectivity index (χ0v) is 11.2. The Bertz CT molecular complexity index is 599. The summed E-state index contributed by atoms with van der Waals surface area (Å²) >= 11 is 11.9. The highest BCUT2D eigenvalue weighted by Crippen LogP contribution is 2.21. The summed E-state index contributed by atoms with van der Waals surface area (Å²) in [5.41, 5.74) is 1.09. The lowest BCUT2D eigenvalue weighted by Gasteiger charge is -2.04. The molecule has 92 valence electrons. The maximum absolute atomic E-state index is 12.0. The minimum absolute atomic E-state index is 0.107. The van der Waals surface area contributed by atoms with Crippen LogP contribution in [0.1, 0.15) is 21.9 Å². The Balaban J connectivity index is 2.24. The predicted octanol–water partition coefficient (Wildman–Crippen LogP) is 3.52. The van der Waals surface area contributed by atoms with E-state index in [1.807, 2.05) is 0 Å². The van der Waals surface area contributed by atoms with Crippen molar-refractivity contribution in [2.45, 2.75) is 13.3 Å². The van der Waals surface area contributed by atoms with Crippen molar-refractivity contribution in [2.24, 2.45) is 0 Å². The van der Waals surface area contributed by atoms with Gasteiger partial charge in [0, 0.05) is 22.7 Å². The first-order valence-electron chi connectivity index (χ1n) is 5.33. The third kappa shape index (κ3) is 3.06. The van der Waals surface area contributed by atoms with Gasteiger partial charge in [-0.3, -0.25) is 4.79 Å². The summed E-state index contributed by atoms with van der Waals surface area (Å²) in [6.07, 6.45) is 1.74. The third-order valence-corrected chi connectivity index (χ3v) is 3.02. The van der Waals surface area contributed by atoms with Gasteiger partial charge in [0.15, 0.2) is 5.78 Å². The van der Waals surface area contributed by atoms with Crippen LogP contribution < -0.4 is 0 Å². The first kappa shape index (κ1) is 13.0. The molecule has 18 heavy (non-hydrogen) atoms. The summed E-state index contributed by atoms with van der Waals surface area (Å²) < 4.78 is 0. The number of hydrogen-bond donors (Lipinski definition) is 0. The number of benzene rings is 1. The molecular formula is C13H10Cl2N2O. The van der Waals surface area contributed by atoms with Crippen molar-refractivity contribution in [1.29, 1.82) is 0 Å². The smallest absolute Gasteiger partial charge is 0.185 e. The molecule has 0 radical (unpaired) electrons. The Morgan fingerprint density at radius 3 is 2.78 bits per heavy atom. The van der Waals surface area contributed by atoms with Crippen LogP contribution in [0.3, 0.4) is 0 Å². The van der Waals surface area contributed by atoms with Crippen LogP contribution >= 0.6 is 23.2 Å². The molecule has 0 amide bonds. The van der Waals surface area contributed by atoms with E-state index in [-0.39, 0.29) is 12.2 Å². The lowest BCUT2D eigenvalue weighted by molar-refractivity contribution is 0.0988. The van der Waals surface area contributed by atoms with E-state index in [0.717, 1.165) is 0 Å². The highest BCUT2D eigenvalue weighted by Gasteiger charge is 2.11. The van der Waals surface area contributed by atoms with E-state index >= 15 is 0 Å². The molecule has 2 aromatic rings. The van der Waals surface area contributed by atoms with Gasteiger partial charge in [-0.1, -0.05) is 23.2 Å². The van der Waals surface area contributed by atoms with Crippen LogP contribution in [-0.2, 0) is 6.42 Å². The molecule has 0 saturated carbocycles. The number of aryl methyl sites for hydroxylation is 1. The maximum Gasteiger partial charge on any atom is 0.185 e. The average molecular weight is 281 g/mol. The van der Waals surface area contributed by atoms with E-state index in [2.05, 4.69) is 9.97 Å². The molecule has 0 spiro atoms. The lowest BCUT2D eigenvalue weighted by atomic mass is 10.1. The van der Waals surface area contributed by atoms with Crippen molar-refractivity contribution < 1.29 is 4.79 Å². The zero-order valence-electron chi connectivity index (χ0n) is 9.65. The molecule has 2 rings (SSSR count). The molecule has 0 N–H and O–H groups in total. The van der Waals surface area contributed by atoms with Crippen molar-refractivity contribution in [3.8, 4) is 0 Å². The molecule has 3 nitrogen and oxygen atoms in total. The van der Waals surface area contributed by atoms with Gasteiger partial charge in [0.25, 0.3) is 0 Å². The van der Waals surface area contributed by atoms with Crippen molar-refractivity contribution in [3.05, 3.63) is 57.6 Å². The number of rotatable bonds is 3. The van der Waals surface area contributed by atoms with Crippen molar-refractivity contribution in [3.63, 3.8) is 0 Å². The molecule has 1 aromatic carbocycles. The molecule has 1 aromatic heterocycles.